The zero-order valence-corrected chi connectivity index (χ0v) is 12.7. The molecule has 0 spiro atoms. The smallest absolute Gasteiger partial charge is 0.193 e. The van der Waals surface area contributed by atoms with Crippen molar-refractivity contribution in [1.82, 2.24) is 14.7 Å². The second-order valence-corrected chi connectivity index (χ2v) is 6.27. The number of aromatic nitrogens is 2. The molecular formula is C14H17N3S2. The molecule has 1 atom stereocenters. The molecule has 0 amide bonds. The average Bonchev–Trinajstić information content (AvgIpc) is 3.03. The first-order valence-corrected chi connectivity index (χ1v) is 8.27. The van der Waals surface area contributed by atoms with Crippen molar-refractivity contribution in [3.63, 3.8) is 0 Å². The van der Waals surface area contributed by atoms with Crippen LogP contribution in [0.15, 0.2) is 28.5 Å². The fourth-order valence-corrected chi connectivity index (χ4v) is 3.97. The lowest BCUT2D eigenvalue weighted by Crippen LogP contribution is -2.23. The largest absolute Gasteiger partial charge is 0.310 e. The van der Waals surface area contributed by atoms with E-state index in [1.165, 1.54) is 11.1 Å². The second-order valence-electron chi connectivity index (χ2n) is 4.65. The topological polar surface area (TPSA) is 29.3 Å². The van der Waals surface area contributed by atoms with Crippen LogP contribution in [-0.4, -0.2) is 15.9 Å². The van der Waals surface area contributed by atoms with Gasteiger partial charge in [0.05, 0.1) is 5.69 Å². The van der Waals surface area contributed by atoms with E-state index in [9.17, 15) is 0 Å². The standard InChI is InChI=1S/C14H17N3S2/c1-3-15-13(12-9-18-8-10(12)2)6-11-7-17-4-5-19-14(17)16-11/h4-5,7-9,13,15H,3,6H2,1-2H3. The number of imidazole rings is 1. The summed E-state index contributed by atoms with van der Waals surface area (Å²) >= 11 is 3.46. The van der Waals surface area contributed by atoms with E-state index >= 15 is 0 Å². The van der Waals surface area contributed by atoms with Gasteiger partial charge in [0, 0.05) is 30.2 Å². The Morgan fingerprint density at radius 3 is 3.00 bits per heavy atom. The predicted octanol–water partition coefficient (Wildman–Crippen LogP) is 3.66. The van der Waals surface area contributed by atoms with Crippen LogP contribution in [0.5, 0.6) is 0 Å². The molecule has 0 saturated carbocycles. The molecule has 5 heteroatoms. The van der Waals surface area contributed by atoms with Gasteiger partial charge in [0.15, 0.2) is 4.96 Å². The summed E-state index contributed by atoms with van der Waals surface area (Å²) in [6, 6.07) is 0.362. The molecule has 1 unspecified atom stereocenters. The van der Waals surface area contributed by atoms with Crippen molar-refractivity contribution >= 4 is 27.6 Å². The van der Waals surface area contributed by atoms with Gasteiger partial charge in [-0.2, -0.15) is 11.3 Å². The van der Waals surface area contributed by atoms with Crippen LogP contribution in [-0.2, 0) is 6.42 Å². The van der Waals surface area contributed by atoms with Crippen molar-refractivity contribution in [2.24, 2.45) is 0 Å². The molecule has 0 aliphatic carbocycles. The van der Waals surface area contributed by atoms with Crippen LogP contribution in [0, 0.1) is 6.92 Å². The summed E-state index contributed by atoms with van der Waals surface area (Å²) < 4.78 is 2.10. The lowest BCUT2D eigenvalue weighted by molar-refractivity contribution is 0.544. The summed E-state index contributed by atoms with van der Waals surface area (Å²) in [4.78, 5) is 5.76. The van der Waals surface area contributed by atoms with Crippen molar-refractivity contribution in [1.29, 1.82) is 0 Å². The van der Waals surface area contributed by atoms with E-state index in [-0.39, 0.29) is 0 Å². The fraction of sp³-hybridized carbons (Fsp3) is 0.357. The molecular weight excluding hydrogens is 274 g/mol. The molecule has 0 bridgehead atoms. The molecule has 1 N–H and O–H groups in total. The van der Waals surface area contributed by atoms with Gasteiger partial charge in [-0.3, -0.25) is 4.40 Å². The number of rotatable bonds is 5. The summed E-state index contributed by atoms with van der Waals surface area (Å²) in [5.74, 6) is 0. The molecule has 3 aromatic rings. The summed E-state index contributed by atoms with van der Waals surface area (Å²) in [5.41, 5.74) is 3.93. The lowest BCUT2D eigenvalue weighted by atomic mass is 10.0. The number of nitrogens with one attached hydrogen (secondary N) is 1. The Labute approximate surface area is 120 Å². The highest BCUT2D eigenvalue weighted by Crippen LogP contribution is 2.25. The molecule has 3 heterocycles. The second kappa shape index (κ2) is 5.45. The van der Waals surface area contributed by atoms with E-state index in [1.807, 2.05) is 0 Å². The Morgan fingerprint density at radius 2 is 2.32 bits per heavy atom. The summed E-state index contributed by atoms with van der Waals surface area (Å²) in [7, 11) is 0. The Hall–Kier alpha value is -1.17. The number of hydrogen-bond donors (Lipinski definition) is 1. The van der Waals surface area contributed by atoms with E-state index in [0.29, 0.717) is 6.04 Å². The van der Waals surface area contributed by atoms with Gasteiger partial charge in [0.25, 0.3) is 0 Å². The maximum Gasteiger partial charge on any atom is 0.193 e. The maximum atomic E-state index is 4.68. The first kappa shape index (κ1) is 12.8. The van der Waals surface area contributed by atoms with E-state index in [1.54, 1.807) is 22.7 Å². The van der Waals surface area contributed by atoms with Gasteiger partial charge >= 0.3 is 0 Å². The molecule has 3 rings (SSSR count). The minimum Gasteiger partial charge on any atom is -0.310 e. The number of likely N-dealkylation sites (N-methyl/N-ethyl adjacent to an activating group) is 1. The molecule has 3 nitrogen and oxygen atoms in total. The first-order chi connectivity index (χ1) is 9.28. The number of thiophene rings is 1. The lowest BCUT2D eigenvalue weighted by Gasteiger charge is -2.16. The van der Waals surface area contributed by atoms with E-state index in [4.69, 9.17) is 0 Å². The molecule has 0 fully saturated rings. The van der Waals surface area contributed by atoms with Crippen molar-refractivity contribution < 1.29 is 0 Å². The van der Waals surface area contributed by atoms with Gasteiger partial charge in [-0.1, -0.05) is 6.92 Å². The maximum absolute atomic E-state index is 4.68. The molecule has 100 valence electrons. The summed E-state index contributed by atoms with van der Waals surface area (Å²) in [6.07, 6.45) is 5.15. The van der Waals surface area contributed by atoms with Gasteiger partial charge in [-0.25, -0.2) is 4.98 Å². The van der Waals surface area contributed by atoms with Crippen molar-refractivity contribution in [3.05, 3.63) is 45.4 Å². The summed E-state index contributed by atoms with van der Waals surface area (Å²) in [6.45, 7) is 5.31. The summed E-state index contributed by atoms with van der Waals surface area (Å²) in [5, 5.41) is 10.1. The number of thiazole rings is 1. The normalized spacial score (nSPS) is 13.2. The number of hydrogen-bond acceptors (Lipinski definition) is 4. The van der Waals surface area contributed by atoms with E-state index in [2.05, 4.69) is 57.1 Å². The van der Waals surface area contributed by atoms with Crippen LogP contribution < -0.4 is 5.32 Å². The van der Waals surface area contributed by atoms with Gasteiger partial charge in [-0.05, 0) is 35.4 Å². The Bertz CT molecular complexity index is 636. The van der Waals surface area contributed by atoms with Crippen LogP contribution in [0.2, 0.25) is 0 Å². The molecule has 0 aliphatic heterocycles. The van der Waals surface area contributed by atoms with Crippen LogP contribution in [0.4, 0.5) is 0 Å². The highest BCUT2D eigenvalue weighted by atomic mass is 32.1. The average molecular weight is 291 g/mol. The molecule has 19 heavy (non-hydrogen) atoms. The zero-order chi connectivity index (χ0) is 13.2. The Balaban J connectivity index is 1.85. The fourth-order valence-electron chi connectivity index (χ4n) is 2.35. The van der Waals surface area contributed by atoms with Gasteiger partial charge < -0.3 is 5.32 Å². The zero-order valence-electron chi connectivity index (χ0n) is 11.1. The van der Waals surface area contributed by atoms with Crippen LogP contribution in [0.25, 0.3) is 4.96 Å². The first-order valence-electron chi connectivity index (χ1n) is 6.45. The van der Waals surface area contributed by atoms with Gasteiger partial charge in [-0.15, -0.1) is 11.3 Å². The quantitative estimate of drug-likeness (QED) is 0.777. The highest BCUT2D eigenvalue weighted by Gasteiger charge is 2.16. The monoisotopic (exact) mass is 291 g/mol. The number of aryl methyl sites for hydroxylation is 1. The molecule has 0 aromatic carbocycles. The Kier molecular flexibility index (Phi) is 3.68. The highest BCUT2D eigenvalue weighted by molar-refractivity contribution is 7.15. The minimum atomic E-state index is 0.362. The number of nitrogens with zero attached hydrogens (tertiary/aromatic N) is 2. The molecule has 3 aromatic heterocycles. The van der Waals surface area contributed by atoms with Crippen molar-refractivity contribution in [2.75, 3.05) is 6.54 Å². The SMILES string of the molecule is CCNC(Cc1cn2ccsc2n1)c1cscc1C. The molecule has 0 aliphatic rings. The van der Waals surface area contributed by atoms with E-state index in [0.717, 1.165) is 23.6 Å². The van der Waals surface area contributed by atoms with Gasteiger partial charge in [0.2, 0.25) is 0 Å². The van der Waals surface area contributed by atoms with Gasteiger partial charge in [0.1, 0.15) is 0 Å². The number of fused-ring (bicyclic) bond motifs is 1. The third-order valence-corrected chi connectivity index (χ3v) is 4.93. The Morgan fingerprint density at radius 1 is 1.42 bits per heavy atom. The van der Waals surface area contributed by atoms with Crippen LogP contribution in [0.1, 0.15) is 29.8 Å². The third kappa shape index (κ3) is 2.59. The van der Waals surface area contributed by atoms with Crippen LogP contribution >= 0.6 is 22.7 Å². The van der Waals surface area contributed by atoms with Crippen molar-refractivity contribution in [2.45, 2.75) is 26.3 Å². The van der Waals surface area contributed by atoms with Crippen molar-refractivity contribution in [3.8, 4) is 0 Å². The third-order valence-electron chi connectivity index (χ3n) is 3.28. The minimum absolute atomic E-state index is 0.362. The van der Waals surface area contributed by atoms with E-state index < -0.39 is 0 Å². The van der Waals surface area contributed by atoms with Crippen LogP contribution in [0.3, 0.4) is 0 Å². The molecule has 0 saturated heterocycles. The predicted molar refractivity (Wildman–Crippen MR) is 82.2 cm³/mol. The molecule has 0 radical (unpaired) electrons.